The molecule has 0 aliphatic carbocycles. The molecule has 0 bridgehead atoms. The third-order valence-electron chi connectivity index (χ3n) is 2.14. The highest BCUT2D eigenvalue weighted by atomic mass is 35.5. The van der Waals surface area contributed by atoms with Crippen molar-refractivity contribution in [2.75, 3.05) is 13.6 Å². The Morgan fingerprint density at radius 3 is 2.67 bits per heavy atom. The van der Waals surface area contributed by atoms with Gasteiger partial charge in [-0.05, 0) is 37.7 Å². The molecule has 1 rings (SSSR count). The molecule has 0 amide bonds. The highest BCUT2D eigenvalue weighted by Gasteiger charge is 2.21. The van der Waals surface area contributed by atoms with Crippen molar-refractivity contribution in [2.45, 2.75) is 18.9 Å². The summed E-state index contributed by atoms with van der Waals surface area (Å²) in [5.74, 6) is 0. The van der Waals surface area contributed by atoms with Gasteiger partial charge in [-0.3, -0.25) is 0 Å². The maximum Gasteiger partial charge on any atom is 0.0784 e. The molecular weight excluding hydrogens is 233 g/mol. The fourth-order valence-corrected chi connectivity index (χ4v) is 1.91. The van der Waals surface area contributed by atoms with Gasteiger partial charge in [0.25, 0.3) is 0 Å². The van der Waals surface area contributed by atoms with Crippen molar-refractivity contribution in [1.82, 2.24) is 5.32 Å². The Kier molecular flexibility index (Phi) is 4.41. The van der Waals surface area contributed by atoms with Crippen LogP contribution in [0.4, 0.5) is 0 Å². The van der Waals surface area contributed by atoms with E-state index in [1.54, 1.807) is 32.2 Å². The van der Waals surface area contributed by atoms with Gasteiger partial charge in [-0.2, -0.15) is 0 Å². The largest absolute Gasteiger partial charge is 0.389 e. The molecule has 0 aliphatic rings. The molecule has 15 heavy (non-hydrogen) atoms. The topological polar surface area (TPSA) is 32.3 Å². The Bertz CT molecular complexity index is 339. The Morgan fingerprint density at radius 2 is 2.07 bits per heavy atom. The standard InChI is InChI=1S/C11H15Cl2NO/c1-11(15,7-14-2)6-8-5-9(12)3-4-10(8)13/h3-5,14-15H,6-7H2,1-2H3. The fourth-order valence-electron chi connectivity index (χ4n) is 1.53. The lowest BCUT2D eigenvalue weighted by Crippen LogP contribution is -2.38. The van der Waals surface area contributed by atoms with E-state index in [1.165, 1.54) is 0 Å². The van der Waals surface area contributed by atoms with Gasteiger partial charge in [-0.15, -0.1) is 0 Å². The van der Waals surface area contributed by atoms with Gasteiger partial charge in [0.05, 0.1) is 5.60 Å². The highest BCUT2D eigenvalue weighted by Crippen LogP contribution is 2.24. The number of nitrogens with one attached hydrogen (secondary N) is 1. The average molecular weight is 248 g/mol. The minimum atomic E-state index is -0.816. The van der Waals surface area contributed by atoms with Crippen LogP contribution in [0.3, 0.4) is 0 Å². The van der Waals surface area contributed by atoms with E-state index in [0.29, 0.717) is 23.0 Å². The predicted molar refractivity (Wildman–Crippen MR) is 64.7 cm³/mol. The summed E-state index contributed by atoms with van der Waals surface area (Å²) in [6.45, 7) is 2.27. The molecule has 1 unspecified atom stereocenters. The first-order chi connectivity index (χ1) is 6.94. The lowest BCUT2D eigenvalue weighted by molar-refractivity contribution is 0.0623. The molecule has 2 nitrogen and oxygen atoms in total. The van der Waals surface area contributed by atoms with Crippen LogP contribution in [0.5, 0.6) is 0 Å². The number of halogens is 2. The number of hydrogen-bond acceptors (Lipinski definition) is 2. The Balaban J connectivity index is 2.83. The average Bonchev–Trinajstić information content (AvgIpc) is 2.10. The minimum absolute atomic E-state index is 0.479. The van der Waals surface area contributed by atoms with Gasteiger partial charge in [-0.25, -0.2) is 0 Å². The zero-order valence-electron chi connectivity index (χ0n) is 8.85. The molecular formula is C11H15Cl2NO. The first-order valence-corrected chi connectivity index (χ1v) is 5.51. The summed E-state index contributed by atoms with van der Waals surface area (Å²) in [5, 5.41) is 14.2. The fraction of sp³-hybridized carbons (Fsp3) is 0.455. The summed E-state index contributed by atoms with van der Waals surface area (Å²) >= 11 is 11.9. The van der Waals surface area contributed by atoms with Gasteiger partial charge in [0, 0.05) is 23.0 Å². The van der Waals surface area contributed by atoms with Crippen molar-refractivity contribution in [3.8, 4) is 0 Å². The smallest absolute Gasteiger partial charge is 0.0784 e. The lowest BCUT2D eigenvalue weighted by Gasteiger charge is -2.23. The molecule has 0 saturated carbocycles. The van der Waals surface area contributed by atoms with Crippen LogP contribution < -0.4 is 5.32 Å². The van der Waals surface area contributed by atoms with Gasteiger partial charge in [0.2, 0.25) is 0 Å². The highest BCUT2D eigenvalue weighted by molar-refractivity contribution is 6.33. The van der Waals surface area contributed by atoms with Crippen molar-refractivity contribution < 1.29 is 5.11 Å². The van der Waals surface area contributed by atoms with E-state index >= 15 is 0 Å². The monoisotopic (exact) mass is 247 g/mol. The molecule has 1 aromatic carbocycles. The first-order valence-electron chi connectivity index (χ1n) is 4.75. The second-order valence-electron chi connectivity index (χ2n) is 3.94. The Hall–Kier alpha value is -0.280. The maximum absolute atomic E-state index is 10.0. The third kappa shape index (κ3) is 3.99. The van der Waals surface area contributed by atoms with Gasteiger partial charge >= 0.3 is 0 Å². The van der Waals surface area contributed by atoms with Crippen molar-refractivity contribution in [3.63, 3.8) is 0 Å². The molecule has 0 aromatic heterocycles. The molecule has 1 aromatic rings. The molecule has 0 fully saturated rings. The van der Waals surface area contributed by atoms with Gasteiger partial charge in [-0.1, -0.05) is 23.2 Å². The SMILES string of the molecule is CNCC(C)(O)Cc1cc(Cl)ccc1Cl. The number of aliphatic hydroxyl groups is 1. The summed E-state index contributed by atoms with van der Waals surface area (Å²) in [4.78, 5) is 0. The van der Waals surface area contributed by atoms with Crippen LogP contribution in [0, 0.1) is 0 Å². The van der Waals surface area contributed by atoms with Crippen molar-refractivity contribution >= 4 is 23.2 Å². The van der Waals surface area contributed by atoms with E-state index in [2.05, 4.69) is 5.32 Å². The van der Waals surface area contributed by atoms with E-state index < -0.39 is 5.60 Å². The molecule has 4 heteroatoms. The van der Waals surface area contributed by atoms with Crippen LogP contribution in [-0.4, -0.2) is 24.3 Å². The molecule has 0 spiro atoms. The summed E-state index contributed by atoms with van der Waals surface area (Å²) in [6, 6.07) is 5.27. The van der Waals surface area contributed by atoms with E-state index in [-0.39, 0.29) is 0 Å². The summed E-state index contributed by atoms with van der Waals surface area (Å²) in [5.41, 5.74) is 0.0488. The molecule has 0 aliphatic heterocycles. The van der Waals surface area contributed by atoms with E-state index in [0.717, 1.165) is 5.56 Å². The molecule has 84 valence electrons. The van der Waals surface area contributed by atoms with E-state index in [4.69, 9.17) is 23.2 Å². The van der Waals surface area contributed by atoms with Gasteiger partial charge in [0.15, 0.2) is 0 Å². The number of hydrogen-bond donors (Lipinski definition) is 2. The molecule has 2 N–H and O–H groups in total. The normalized spacial score (nSPS) is 15.0. The van der Waals surface area contributed by atoms with Crippen LogP contribution >= 0.6 is 23.2 Å². The molecule has 0 saturated heterocycles. The van der Waals surface area contributed by atoms with Crippen LogP contribution in [0.2, 0.25) is 10.0 Å². The summed E-state index contributed by atoms with van der Waals surface area (Å²) in [7, 11) is 1.80. The van der Waals surface area contributed by atoms with Crippen LogP contribution in [-0.2, 0) is 6.42 Å². The Labute approximate surface area is 100 Å². The predicted octanol–water partition coefficient (Wildman–Crippen LogP) is 2.51. The van der Waals surface area contributed by atoms with Crippen LogP contribution in [0.15, 0.2) is 18.2 Å². The van der Waals surface area contributed by atoms with Gasteiger partial charge in [0.1, 0.15) is 0 Å². The number of rotatable bonds is 4. The zero-order chi connectivity index (χ0) is 11.5. The van der Waals surface area contributed by atoms with Crippen LogP contribution in [0.25, 0.3) is 0 Å². The van der Waals surface area contributed by atoms with Crippen molar-refractivity contribution in [3.05, 3.63) is 33.8 Å². The summed E-state index contributed by atoms with van der Waals surface area (Å²) in [6.07, 6.45) is 0.479. The minimum Gasteiger partial charge on any atom is -0.389 e. The molecule has 1 atom stereocenters. The molecule has 0 radical (unpaired) electrons. The Morgan fingerprint density at radius 1 is 1.40 bits per heavy atom. The first kappa shape index (κ1) is 12.8. The summed E-state index contributed by atoms with van der Waals surface area (Å²) < 4.78 is 0. The molecule has 0 heterocycles. The number of benzene rings is 1. The third-order valence-corrected chi connectivity index (χ3v) is 2.74. The van der Waals surface area contributed by atoms with Crippen molar-refractivity contribution in [2.24, 2.45) is 0 Å². The van der Waals surface area contributed by atoms with Crippen LogP contribution in [0.1, 0.15) is 12.5 Å². The zero-order valence-corrected chi connectivity index (χ0v) is 10.4. The quantitative estimate of drug-likeness (QED) is 0.858. The second kappa shape index (κ2) is 5.17. The number of likely N-dealkylation sites (N-methyl/N-ethyl adjacent to an activating group) is 1. The van der Waals surface area contributed by atoms with Gasteiger partial charge < -0.3 is 10.4 Å². The van der Waals surface area contributed by atoms with E-state index in [9.17, 15) is 5.11 Å². The van der Waals surface area contributed by atoms with Crippen molar-refractivity contribution in [1.29, 1.82) is 0 Å². The lowest BCUT2D eigenvalue weighted by atomic mass is 9.96. The second-order valence-corrected chi connectivity index (χ2v) is 4.78. The maximum atomic E-state index is 10.0. The van der Waals surface area contributed by atoms with E-state index in [1.807, 2.05) is 0 Å².